The first kappa shape index (κ1) is 12.3. The summed E-state index contributed by atoms with van der Waals surface area (Å²) in [6.45, 7) is 9.55. The van der Waals surface area contributed by atoms with Crippen LogP contribution in [0.3, 0.4) is 0 Å². The lowest BCUT2D eigenvalue weighted by Gasteiger charge is -2.34. The largest absolute Gasteiger partial charge is 0.330 e. The highest BCUT2D eigenvalue weighted by Crippen LogP contribution is 2.27. The van der Waals surface area contributed by atoms with Gasteiger partial charge in [0.25, 0.3) is 0 Å². The number of hydrogen-bond donors (Lipinski definition) is 1. The van der Waals surface area contributed by atoms with E-state index in [1.807, 2.05) is 0 Å². The van der Waals surface area contributed by atoms with Gasteiger partial charge in [-0.1, -0.05) is 6.92 Å². The quantitative estimate of drug-likeness (QED) is 0.736. The molecular formula is C13H27N3. The lowest BCUT2D eigenvalue weighted by Crippen LogP contribution is -2.47. The van der Waals surface area contributed by atoms with E-state index in [9.17, 15) is 0 Å². The van der Waals surface area contributed by atoms with Gasteiger partial charge in [-0.3, -0.25) is 4.90 Å². The Kier molecular flexibility index (Phi) is 4.62. The van der Waals surface area contributed by atoms with Crippen LogP contribution in [-0.2, 0) is 0 Å². The lowest BCUT2D eigenvalue weighted by molar-refractivity contribution is 0.124. The van der Waals surface area contributed by atoms with Crippen LogP contribution in [0.5, 0.6) is 0 Å². The molecule has 0 bridgehead atoms. The van der Waals surface area contributed by atoms with E-state index in [1.54, 1.807) is 0 Å². The molecule has 0 amide bonds. The zero-order chi connectivity index (χ0) is 11.4. The molecule has 1 aliphatic carbocycles. The predicted octanol–water partition coefficient (Wildman–Crippen LogP) is 1.14. The second-order valence-corrected chi connectivity index (χ2v) is 5.59. The second kappa shape index (κ2) is 5.99. The fourth-order valence-corrected chi connectivity index (χ4v) is 2.57. The van der Waals surface area contributed by atoms with Crippen molar-refractivity contribution in [2.75, 3.05) is 39.3 Å². The van der Waals surface area contributed by atoms with Gasteiger partial charge in [0.15, 0.2) is 0 Å². The molecule has 3 nitrogen and oxygen atoms in total. The SMILES string of the molecule is CC(CN)CCCN1CCN(C2CC2)CC1. The van der Waals surface area contributed by atoms with E-state index in [0.29, 0.717) is 5.92 Å². The van der Waals surface area contributed by atoms with Crippen LogP contribution in [0.1, 0.15) is 32.6 Å². The molecule has 0 aromatic carbocycles. The van der Waals surface area contributed by atoms with Crippen molar-refractivity contribution in [3.63, 3.8) is 0 Å². The van der Waals surface area contributed by atoms with Crippen LogP contribution < -0.4 is 5.73 Å². The summed E-state index contributed by atoms with van der Waals surface area (Å²) < 4.78 is 0. The van der Waals surface area contributed by atoms with Gasteiger partial charge in [-0.15, -0.1) is 0 Å². The molecule has 2 fully saturated rings. The molecule has 1 heterocycles. The van der Waals surface area contributed by atoms with Crippen LogP contribution in [0.4, 0.5) is 0 Å². The molecule has 3 heteroatoms. The Morgan fingerprint density at radius 3 is 2.44 bits per heavy atom. The molecular weight excluding hydrogens is 198 g/mol. The van der Waals surface area contributed by atoms with Gasteiger partial charge in [-0.25, -0.2) is 0 Å². The van der Waals surface area contributed by atoms with E-state index in [4.69, 9.17) is 5.73 Å². The van der Waals surface area contributed by atoms with Gasteiger partial charge >= 0.3 is 0 Å². The zero-order valence-electron chi connectivity index (χ0n) is 10.7. The Morgan fingerprint density at radius 2 is 1.88 bits per heavy atom. The molecule has 1 unspecified atom stereocenters. The van der Waals surface area contributed by atoms with Gasteiger partial charge in [-0.05, 0) is 44.7 Å². The highest BCUT2D eigenvalue weighted by Gasteiger charge is 2.30. The summed E-state index contributed by atoms with van der Waals surface area (Å²) in [4.78, 5) is 5.31. The maximum Gasteiger partial charge on any atom is 0.0113 e. The summed E-state index contributed by atoms with van der Waals surface area (Å²) in [5.74, 6) is 0.702. The maximum atomic E-state index is 5.63. The summed E-state index contributed by atoms with van der Waals surface area (Å²) in [6.07, 6.45) is 5.52. The molecule has 16 heavy (non-hydrogen) atoms. The third-order valence-corrected chi connectivity index (χ3v) is 4.04. The molecule has 2 N–H and O–H groups in total. The van der Waals surface area contributed by atoms with E-state index in [-0.39, 0.29) is 0 Å². The van der Waals surface area contributed by atoms with Gasteiger partial charge in [0.1, 0.15) is 0 Å². The van der Waals surface area contributed by atoms with Crippen LogP contribution in [0.15, 0.2) is 0 Å². The van der Waals surface area contributed by atoms with Gasteiger partial charge in [0.05, 0.1) is 0 Å². The highest BCUT2D eigenvalue weighted by molar-refractivity contribution is 4.87. The first-order valence-corrected chi connectivity index (χ1v) is 6.96. The summed E-state index contributed by atoms with van der Waals surface area (Å²) in [7, 11) is 0. The third-order valence-electron chi connectivity index (χ3n) is 4.04. The first-order valence-electron chi connectivity index (χ1n) is 6.96. The normalized spacial score (nSPS) is 25.9. The zero-order valence-corrected chi connectivity index (χ0v) is 10.7. The Hall–Kier alpha value is -0.120. The summed E-state index contributed by atoms with van der Waals surface area (Å²) in [6, 6.07) is 0.958. The maximum absolute atomic E-state index is 5.63. The molecule has 2 rings (SSSR count). The van der Waals surface area contributed by atoms with Crippen molar-refractivity contribution in [3.05, 3.63) is 0 Å². The molecule has 0 aromatic heterocycles. The van der Waals surface area contributed by atoms with E-state index in [0.717, 1.165) is 12.6 Å². The van der Waals surface area contributed by atoms with Crippen LogP contribution in [-0.4, -0.2) is 55.1 Å². The number of rotatable bonds is 6. The lowest BCUT2D eigenvalue weighted by atomic mass is 10.1. The standard InChI is InChI=1S/C13H27N3/c1-12(11-14)3-2-6-15-7-9-16(10-8-15)13-4-5-13/h12-13H,2-11,14H2,1H3. The summed E-state index contributed by atoms with van der Waals surface area (Å²) in [5, 5.41) is 0. The molecule has 94 valence electrons. The minimum Gasteiger partial charge on any atom is -0.330 e. The topological polar surface area (TPSA) is 32.5 Å². The van der Waals surface area contributed by atoms with Crippen molar-refractivity contribution >= 4 is 0 Å². The average molecular weight is 225 g/mol. The highest BCUT2D eigenvalue weighted by atomic mass is 15.3. The van der Waals surface area contributed by atoms with Crippen LogP contribution in [0.2, 0.25) is 0 Å². The van der Waals surface area contributed by atoms with Crippen molar-refractivity contribution in [2.45, 2.75) is 38.6 Å². The van der Waals surface area contributed by atoms with Crippen LogP contribution in [0, 0.1) is 5.92 Å². The molecule has 0 radical (unpaired) electrons. The fraction of sp³-hybridized carbons (Fsp3) is 1.00. The van der Waals surface area contributed by atoms with Crippen LogP contribution in [0.25, 0.3) is 0 Å². The monoisotopic (exact) mass is 225 g/mol. The Balaban J connectivity index is 1.54. The second-order valence-electron chi connectivity index (χ2n) is 5.59. The third kappa shape index (κ3) is 3.72. The van der Waals surface area contributed by atoms with Crippen LogP contribution >= 0.6 is 0 Å². The van der Waals surface area contributed by atoms with Gasteiger partial charge < -0.3 is 10.6 Å². The van der Waals surface area contributed by atoms with E-state index >= 15 is 0 Å². The molecule has 1 atom stereocenters. The van der Waals surface area contributed by atoms with E-state index in [2.05, 4.69) is 16.7 Å². The first-order chi connectivity index (χ1) is 7.79. The van der Waals surface area contributed by atoms with Crippen molar-refractivity contribution in [1.82, 2.24) is 9.80 Å². The molecule has 1 saturated carbocycles. The van der Waals surface area contributed by atoms with Crippen molar-refractivity contribution < 1.29 is 0 Å². The summed E-state index contributed by atoms with van der Waals surface area (Å²) >= 11 is 0. The Bertz CT molecular complexity index is 195. The van der Waals surface area contributed by atoms with Gasteiger partial charge in [-0.2, -0.15) is 0 Å². The predicted molar refractivity (Wildman–Crippen MR) is 68.5 cm³/mol. The minimum atomic E-state index is 0.702. The summed E-state index contributed by atoms with van der Waals surface area (Å²) in [5.41, 5.74) is 5.63. The van der Waals surface area contributed by atoms with E-state index < -0.39 is 0 Å². The minimum absolute atomic E-state index is 0.702. The molecule has 1 aliphatic heterocycles. The van der Waals surface area contributed by atoms with E-state index in [1.165, 1.54) is 58.4 Å². The molecule has 2 aliphatic rings. The number of piperazine rings is 1. The number of nitrogens with zero attached hydrogens (tertiary/aromatic N) is 2. The fourth-order valence-electron chi connectivity index (χ4n) is 2.57. The average Bonchev–Trinajstić information content (AvgIpc) is 3.14. The number of hydrogen-bond acceptors (Lipinski definition) is 3. The Morgan fingerprint density at radius 1 is 1.19 bits per heavy atom. The molecule has 0 spiro atoms. The number of nitrogens with two attached hydrogens (primary N) is 1. The molecule has 0 aromatic rings. The van der Waals surface area contributed by atoms with Gasteiger partial charge in [0.2, 0.25) is 0 Å². The molecule has 1 saturated heterocycles. The van der Waals surface area contributed by atoms with Crippen molar-refractivity contribution in [2.24, 2.45) is 11.7 Å². The van der Waals surface area contributed by atoms with Crippen molar-refractivity contribution in [1.29, 1.82) is 0 Å². The van der Waals surface area contributed by atoms with Gasteiger partial charge in [0, 0.05) is 32.2 Å². The Labute approximate surface area is 100.0 Å². The van der Waals surface area contributed by atoms with Crippen molar-refractivity contribution in [3.8, 4) is 0 Å². The smallest absolute Gasteiger partial charge is 0.0113 e.